The average Bonchev–Trinajstić information content (AvgIpc) is 2.21. The zero-order chi connectivity index (χ0) is 18.1. The Hall–Kier alpha value is -1.40. The van der Waals surface area contributed by atoms with Gasteiger partial charge in [0.2, 0.25) is 10.2 Å². The predicted molar refractivity (Wildman–Crippen MR) is 95.3 cm³/mol. The third kappa shape index (κ3) is 7.61. The van der Waals surface area contributed by atoms with Gasteiger partial charge in [-0.1, -0.05) is 31.0 Å². The van der Waals surface area contributed by atoms with Gasteiger partial charge in [-0.2, -0.15) is 4.55 Å². The van der Waals surface area contributed by atoms with Gasteiger partial charge in [-0.15, -0.1) is 0 Å². The molecule has 1 unspecified atom stereocenters. The van der Waals surface area contributed by atoms with Crippen molar-refractivity contribution in [3.05, 3.63) is 29.3 Å². The van der Waals surface area contributed by atoms with Crippen molar-refractivity contribution < 1.29 is 18.3 Å². The molecule has 1 amide bonds. The number of carbonyl (C=O) groups excluding carboxylic acids is 1. The van der Waals surface area contributed by atoms with Gasteiger partial charge >= 0.3 is 6.09 Å². The normalized spacial score (nSPS) is 15.0. The van der Waals surface area contributed by atoms with E-state index in [1.165, 1.54) is 6.26 Å². The molecule has 0 aliphatic heterocycles. The Kier molecular flexibility index (Phi) is 5.65. The largest absolute Gasteiger partial charge is 0.444 e. The Morgan fingerprint density at radius 3 is 2.17 bits per heavy atom. The molecule has 2 N–H and O–H groups in total. The van der Waals surface area contributed by atoms with E-state index < -0.39 is 21.9 Å². The van der Waals surface area contributed by atoms with E-state index in [-0.39, 0.29) is 11.2 Å². The van der Waals surface area contributed by atoms with Crippen LogP contribution in [0.1, 0.15) is 52.7 Å². The molecule has 0 aliphatic rings. The highest BCUT2D eigenvalue weighted by Crippen LogP contribution is 2.28. The highest BCUT2D eigenvalue weighted by atomic mass is 32.3. The molecule has 130 valence electrons. The third-order valence-electron chi connectivity index (χ3n) is 2.94. The van der Waals surface area contributed by atoms with Crippen LogP contribution in [0.3, 0.4) is 0 Å². The number of anilines is 1. The van der Waals surface area contributed by atoms with Gasteiger partial charge in [0.1, 0.15) is 11.9 Å². The van der Waals surface area contributed by atoms with Gasteiger partial charge in [-0.05, 0) is 43.9 Å². The fourth-order valence-corrected chi connectivity index (χ4v) is 2.80. The molecule has 1 rings (SSSR count). The van der Waals surface area contributed by atoms with E-state index in [2.05, 4.69) is 5.32 Å². The summed E-state index contributed by atoms with van der Waals surface area (Å²) >= 11 is 0. The van der Waals surface area contributed by atoms with Crippen LogP contribution in [0, 0.1) is 0 Å². The van der Waals surface area contributed by atoms with Crippen molar-refractivity contribution in [3.63, 3.8) is 0 Å². The molecule has 0 fully saturated rings. The zero-order valence-electron chi connectivity index (χ0n) is 15.0. The second kappa shape index (κ2) is 6.61. The highest BCUT2D eigenvalue weighted by Gasteiger charge is 2.22. The number of rotatable bonds is 3. The van der Waals surface area contributed by atoms with Crippen LogP contribution in [-0.2, 0) is 30.3 Å². The number of hydrogen-bond donors (Lipinski definition) is 2. The lowest BCUT2D eigenvalue weighted by Gasteiger charge is -2.23. The topological polar surface area (TPSA) is 75.6 Å². The van der Waals surface area contributed by atoms with E-state index in [4.69, 9.17) is 4.74 Å². The van der Waals surface area contributed by atoms with Crippen molar-refractivity contribution >= 4 is 22.0 Å². The van der Waals surface area contributed by atoms with Crippen LogP contribution in [0.4, 0.5) is 10.5 Å². The minimum Gasteiger partial charge on any atom is -0.444 e. The van der Waals surface area contributed by atoms with Gasteiger partial charge in [-0.3, -0.25) is 5.32 Å². The maximum atomic E-state index is 11.9. The van der Waals surface area contributed by atoms with Gasteiger partial charge in [-0.25, -0.2) is 4.79 Å². The molecule has 0 saturated heterocycles. The third-order valence-corrected chi connectivity index (χ3v) is 3.81. The molecule has 0 bridgehead atoms. The Bertz CT molecular complexity index is 620. The maximum absolute atomic E-state index is 11.9. The minimum atomic E-state index is -2.91. The van der Waals surface area contributed by atoms with Crippen molar-refractivity contribution in [1.29, 1.82) is 0 Å². The molecule has 0 aliphatic carbocycles. The van der Waals surface area contributed by atoms with Crippen LogP contribution in [-0.4, -0.2) is 22.5 Å². The lowest BCUT2D eigenvalue weighted by atomic mass is 9.86. The highest BCUT2D eigenvalue weighted by molar-refractivity contribution is 7.96. The SMILES string of the molecule is CC(C)(C)OC(=O)Nc1cc(C[S+](C)(=O)O)cc(C(C)(C)C)c1. The monoisotopic (exact) mass is 342 g/mol. The number of amides is 1. The Morgan fingerprint density at radius 1 is 1.17 bits per heavy atom. The number of carbonyl (C=O) groups is 1. The Morgan fingerprint density at radius 2 is 1.74 bits per heavy atom. The standard InChI is InChI=1S/C17H27NO4S/c1-16(2,3)13-8-12(11-23(7,20)21)9-14(10-13)18-15(19)22-17(4,5)6/h8-10H,11H2,1-7H3,(H-,18,19,20,21)/p+1. The average molecular weight is 342 g/mol. The second-order valence-electron chi connectivity index (χ2n) is 7.90. The van der Waals surface area contributed by atoms with E-state index in [0.29, 0.717) is 11.3 Å². The van der Waals surface area contributed by atoms with Crippen molar-refractivity contribution in [3.8, 4) is 0 Å². The zero-order valence-corrected chi connectivity index (χ0v) is 15.8. The summed E-state index contributed by atoms with van der Waals surface area (Å²) < 4.78 is 26.5. The van der Waals surface area contributed by atoms with Gasteiger partial charge in [0.05, 0.1) is 0 Å². The summed E-state index contributed by atoms with van der Waals surface area (Å²) in [7, 11) is -2.91. The molecular weight excluding hydrogens is 314 g/mol. The van der Waals surface area contributed by atoms with Crippen molar-refractivity contribution in [1.82, 2.24) is 0 Å². The molecule has 0 aromatic heterocycles. The van der Waals surface area contributed by atoms with Crippen LogP contribution < -0.4 is 5.32 Å². The summed E-state index contributed by atoms with van der Waals surface area (Å²) in [6.45, 7) is 11.5. The van der Waals surface area contributed by atoms with Gasteiger partial charge in [0.15, 0.2) is 5.75 Å². The lowest BCUT2D eigenvalue weighted by molar-refractivity contribution is 0.0636. The quantitative estimate of drug-likeness (QED) is 0.797. The molecule has 1 atom stereocenters. The molecule has 0 saturated carbocycles. The molecule has 0 radical (unpaired) electrons. The van der Waals surface area contributed by atoms with E-state index in [9.17, 15) is 13.6 Å². The second-order valence-corrected chi connectivity index (χ2v) is 10.1. The number of hydrogen-bond acceptors (Lipinski definition) is 3. The van der Waals surface area contributed by atoms with Crippen molar-refractivity contribution in [2.24, 2.45) is 0 Å². The van der Waals surface area contributed by atoms with Crippen LogP contribution in [0.2, 0.25) is 0 Å². The molecular formula is C17H28NO4S+. The van der Waals surface area contributed by atoms with Gasteiger partial charge in [0.25, 0.3) is 0 Å². The first-order chi connectivity index (χ1) is 10.2. The summed E-state index contributed by atoms with van der Waals surface area (Å²) in [5.41, 5.74) is 1.51. The molecule has 0 heterocycles. The lowest BCUT2D eigenvalue weighted by Crippen LogP contribution is -2.27. The number of ether oxygens (including phenoxy) is 1. The maximum Gasteiger partial charge on any atom is 0.412 e. The van der Waals surface area contributed by atoms with E-state index in [0.717, 1.165) is 5.56 Å². The summed E-state index contributed by atoms with van der Waals surface area (Å²) in [5, 5.41) is 2.70. The van der Waals surface area contributed by atoms with Crippen LogP contribution in [0.25, 0.3) is 0 Å². The summed E-state index contributed by atoms with van der Waals surface area (Å²) in [6.07, 6.45) is 0.758. The molecule has 23 heavy (non-hydrogen) atoms. The molecule has 1 aromatic carbocycles. The van der Waals surface area contributed by atoms with E-state index in [1.807, 2.05) is 32.9 Å². The first-order valence-electron chi connectivity index (χ1n) is 7.49. The van der Waals surface area contributed by atoms with Crippen molar-refractivity contribution in [2.75, 3.05) is 11.6 Å². The predicted octanol–water partition coefficient (Wildman–Crippen LogP) is 4.43. The molecule has 1 aromatic rings. The van der Waals surface area contributed by atoms with E-state index in [1.54, 1.807) is 26.8 Å². The summed E-state index contributed by atoms with van der Waals surface area (Å²) in [5.74, 6) is 0.0416. The Labute approximate surface area is 140 Å². The van der Waals surface area contributed by atoms with Gasteiger partial charge in [0, 0.05) is 11.3 Å². The first kappa shape index (κ1) is 19.6. The van der Waals surface area contributed by atoms with Crippen LogP contribution in [0.15, 0.2) is 18.2 Å². The Balaban J connectivity index is 3.13. The molecule has 0 spiro atoms. The summed E-state index contributed by atoms with van der Waals surface area (Å²) in [4.78, 5) is 11.9. The smallest absolute Gasteiger partial charge is 0.412 e. The first-order valence-corrected chi connectivity index (χ1v) is 9.59. The van der Waals surface area contributed by atoms with Crippen LogP contribution in [0.5, 0.6) is 0 Å². The molecule has 6 heteroatoms. The summed E-state index contributed by atoms with van der Waals surface area (Å²) in [6, 6.07) is 5.47. The minimum absolute atomic E-state index is 0.0416. The van der Waals surface area contributed by atoms with Crippen molar-refractivity contribution in [2.45, 2.75) is 58.3 Å². The van der Waals surface area contributed by atoms with Gasteiger partial charge < -0.3 is 4.74 Å². The van der Waals surface area contributed by atoms with Crippen LogP contribution >= 0.6 is 0 Å². The fourth-order valence-electron chi connectivity index (χ4n) is 2.01. The fraction of sp³-hybridized carbons (Fsp3) is 0.588. The number of benzene rings is 1. The number of nitrogens with one attached hydrogen (secondary N) is 1. The molecule has 5 nitrogen and oxygen atoms in total. The van der Waals surface area contributed by atoms with E-state index >= 15 is 0 Å².